The first-order valence-corrected chi connectivity index (χ1v) is 6.14. The largest absolute Gasteiger partial charge is 0.383 e. The summed E-state index contributed by atoms with van der Waals surface area (Å²) in [5.41, 5.74) is 7.21. The lowest BCUT2D eigenvalue weighted by atomic mass is 9.86. The van der Waals surface area contributed by atoms with Gasteiger partial charge in [0.15, 0.2) is 0 Å². The van der Waals surface area contributed by atoms with Crippen LogP contribution in [0.5, 0.6) is 0 Å². The second kappa shape index (κ2) is 3.95. The van der Waals surface area contributed by atoms with Gasteiger partial charge in [0.25, 0.3) is 0 Å². The number of rotatable bonds is 0. The molecule has 0 saturated carbocycles. The highest BCUT2D eigenvalue weighted by atomic mass is 79.9. The maximum absolute atomic E-state index is 13.8. The standard InChI is InChI=1S/C13H14BrFN2/c1-13(2,3)8-6-7-10(15)5-4-9(14)11(7)17-12(8)16/h4-6H,1-3H3,(H2,16,17). The molecule has 2 N–H and O–H groups in total. The van der Waals surface area contributed by atoms with Crippen molar-refractivity contribution >= 4 is 32.7 Å². The maximum Gasteiger partial charge on any atom is 0.132 e. The van der Waals surface area contributed by atoms with Crippen molar-refractivity contribution in [3.05, 3.63) is 34.1 Å². The Morgan fingerprint density at radius 3 is 2.53 bits per heavy atom. The number of fused-ring (bicyclic) bond motifs is 1. The van der Waals surface area contributed by atoms with Gasteiger partial charge in [0.2, 0.25) is 0 Å². The fourth-order valence-corrected chi connectivity index (χ4v) is 2.24. The average molecular weight is 297 g/mol. The summed E-state index contributed by atoms with van der Waals surface area (Å²) >= 11 is 3.36. The Kier molecular flexibility index (Phi) is 2.86. The molecule has 0 aliphatic heterocycles. The molecule has 17 heavy (non-hydrogen) atoms. The van der Waals surface area contributed by atoms with Gasteiger partial charge in [0, 0.05) is 15.4 Å². The van der Waals surface area contributed by atoms with Crippen molar-refractivity contribution in [1.82, 2.24) is 4.98 Å². The molecule has 1 heterocycles. The minimum absolute atomic E-state index is 0.153. The van der Waals surface area contributed by atoms with E-state index in [2.05, 4.69) is 20.9 Å². The van der Waals surface area contributed by atoms with E-state index in [1.165, 1.54) is 6.07 Å². The van der Waals surface area contributed by atoms with Crippen LogP contribution in [-0.4, -0.2) is 4.98 Å². The molecule has 4 heteroatoms. The quantitative estimate of drug-likeness (QED) is 0.797. The zero-order chi connectivity index (χ0) is 12.8. The Balaban J connectivity index is 2.85. The van der Waals surface area contributed by atoms with Crippen molar-refractivity contribution in [1.29, 1.82) is 0 Å². The molecule has 2 nitrogen and oxygen atoms in total. The Morgan fingerprint density at radius 2 is 1.94 bits per heavy atom. The summed E-state index contributed by atoms with van der Waals surface area (Å²) in [4.78, 5) is 4.29. The molecule has 1 aromatic heterocycles. The first-order chi connectivity index (χ1) is 7.80. The molecule has 1 aromatic carbocycles. The summed E-state index contributed by atoms with van der Waals surface area (Å²) in [7, 11) is 0. The maximum atomic E-state index is 13.8. The van der Waals surface area contributed by atoms with E-state index < -0.39 is 0 Å². The summed E-state index contributed by atoms with van der Waals surface area (Å²) in [5.74, 6) is 0.178. The van der Waals surface area contributed by atoms with Crippen LogP contribution in [-0.2, 0) is 5.41 Å². The van der Waals surface area contributed by atoms with Gasteiger partial charge in [-0.1, -0.05) is 20.8 Å². The molecule has 0 spiro atoms. The van der Waals surface area contributed by atoms with E-state index in [-0.39, 0.29) is 11.2 Å². The van der Waals surface area contributed by atoms with Crippen molar-refractivity contribution < 1.29 is 4.39 Å². The average Bonchev–Trinajstić information content (AvgIpc) is 2.21. The molecule has 0 aliphatic rings. The van der Waals surface area contributed by atoms with Crippen molar-refractivity contribution in [2.45, 2.75) is 26.2 Å². The Morgan fingerprint density at radius 1 is 1.29 bits per heavy atom. The van der Waals surface area contributed by atoms with E-state index >= 15 is 0 Å². The predicted molar refractivity (Wildman–Crippen MR) is 72.5 cm³/mol. The number of pyridine rings is 1. The van der Waals surface area contributed by atoms with Crippen LogP contribution in [0.2, 0.25) is 0 Å². The lowest BCUT2D eigenvalue weighted by molar-refractivity contribution is 0.590. The highest BCUT2D eigenvalue weighted by molar-refractivity contribution is 9.10. The highest BCUT2D eigenvalue weighted by Crippen LogP contribution is 2.33. The Bertz CT molecular complexity index is 588. The lowest BCUT2D eigenvalue weighted by Gasteiger charge is -2.21. The molecular formula is C13H14BrFN2. The van der Waals surface area contributed by atoms with E-state index in [0.29, 0.717) is 16.7 Å². The number of nitrogens with two attached hydrogens (primary N) is 1. The molecule has 0 fully saturated rings. The lowest BCUT2D eigenvalue weighted by Crippen LogP contribution is -2.15. The van der Waals surface area contributed by atoms with Gasteiger partial charge in [0.05, 0.1) is 5.52 Å². The molecule has 90 valence electrons. The zero-order valence-corrected chi connectivity index (χ0v) is 11.6. The van der Waals surface area contributed by atoms with E-state index in [1.54, 1.807) is 12.1 Å². The molecule has 0 aliphatic carbocycles. The Labute approximate surface area is 108 Å². The first-order valence-electron chi connectivity index (χ1n) is 5.35. The topological polar surface area (TPSA) is 38.9 Å². The number of hydrogen-bond acceptors (Lipinski definition) is 2. The van der Waals surface area contributed by atoms with Crippen molar-refractivity contribution in [2.24, 2.45) is 0 Å². The number of hydrogen-bond donors (Lipinski definition) is 1. The van der Waals surface area contributed by atoms with Gasteiger partial charge in [-0.25, -0.2) is 9.37 Å². The summed E-state index contributed by atoms with van der Waals surface area (Å²) in [6.45, 7) is 6.09. The molecule has 0 atom stereocenters. The summed E-state index contributed by atoms with van der Waals surface area (Å²) in [6.07, 6.45) is 0. The summed E-state index contributed by atoms with van der Waals surface area (Å²) < 4.78 is 14.5. The van der Waals surface area contributed by atoms with Crippen LogP contribution in [0.15, 0.2) is 22.7 Å². The molecule has 0 unspecified atom stereocenters. The van der Waals surface area contributed by atoms with Crippen LogP contribution in [0, 0.1) is 5.82 Å². The van der Waals surface area contributed by atoms with Gasteiger partial charge in [-0.2, -0.15) is 0 Å². The normalized spacial score (nSPS) is 12.1. The highest BCUT2D eigenvalue weighted by Gasteiger charge is 2.20. The van der Waals surface area contributed by atoms with Gasteiger partial charge < -0.3 is 5.73 Å². The van der Waals surface area contributed by atoms with Gasteiger partial charge in [0.1, 0.15) is 11.6 Å². The minimum Gasteiger partial charge on any atom is -0.383 e. The van der Waals surface area contributed by atoms with E-state index in [9.17, 15) is 4.39 Å². The predicted octanol–water partition coefficient (Wildman–Crippen LogP) is 4.02. The third-order valence-corrected chi connectivity index (χ3v) is 3.36. The van der Waals surface area contributed by atoms with Gasteiger partial charge in [-0.05, 0) is 39.5 Å². The summed E-state index contributed by atoms with van der Waals surface area (Å²) in [6, 6.07) is 4.86. The van der Waals surface area contributed by atoms with Crippen LogP contribution < -0.4 is 5.73 Å². The number of benzene rings is 1. The molecule has 2 rings (SSSR count). The molecule has 0 saturated heterocycles. The van der Waals surface area contributed by atoms with Crippen LogP contribution in [0.25, 0.3) is 10.9 Å². The monoisotopic (exact) mass is 296 g/mol. The van der Waals surface area contributed by atoms with Crippen molar-refractivity contribution in [3.63, 3.8) is 0 Å². The molecule has 0 bridgehead atoms. The summed E-state index contributed by atoms with van der Waals surface area (Å²) in [5, 5.41) is 0.499. The van der Waals surface area contributed by atoms with Crippen LogP contribution in [0.3, 0.4) is 0 Å². The van der Waals surface area contributed by atoms with E-state index in [1.807, 2.05) is 20.8 Å². The third kappa shape index (κ3) is 2.14. The number of aromatic nitrogens is 1. The van der Waals surface area contributed by atoms with Crippen LogP contribution in [0.1, 0.15) is 26.3 Å². The molecular weight excluding hydrogens is 283 g/mol. The van der Waals surface area contributed by atoms with Gasteiger partial charge in [-0.3, -0.25) is 0 Å². The molecule has 0 radical (unpaired) electrons. The molecule has 0 amide bonds. The van der Waals surface area contributed by atoms with Crippen LogP contribution in [0.4, 0.5) is 10.2 Å². The smallest absolute Gasteiger partial charge is 0.132 e. The third-order valence-electron chi connectivity index (χ3n) is 2.72. The fraction of sp³-hybridized carbons (Fsp3) is 0.308. The number of anilines is 1. The number of nitrogens with zero attached hydrogens (tertiary/aromatic N) is 1. The van der Waals surface area contributed by atoms with Gasteiger partial charge >= 0.3 is 0 Å². The van der Waals surface area contributed by atoms with Crippen LogP contribution >= 0.6 is 15.9 Å². The number of halogens is 2. The van der Waals surface area contributed by atoms with Gasteiger partial charge in [-0.15, -0.1) is 0 Å². The second-order valence-corrected chi connectivity index (χ2v) is 5.95. The fourth-order valence-electron chi connectivity index (χ4n) is 1.81. The molecule has 2 aromatic rings. The zero-order valence-electron chi connectivity index (χ0n) is 10.0. The van der Waals surface area contributed by atoms with E-state index in [0.717, 1.165) is 10.0 Å². The van der Waals surface area contributed by atoms with Crippen molar-refractivity contribution in [2.75, 3.05) is 5.73 Å². The second-order valence-electron chi connectivity index (χ2n) is 5.10. The Hall–Kier alpha value is -1.16. The minimum atomic E-state index is -0.277. The SMILES string of the molecule is CC(C)(C)c1cc2c(F)ccc(Br)c2nc1N. The first kappa shape index (κ1) is 12.3. The van der Waals surface area contributed by atoms with Crippen molar-refractivity contribution in [3.8, 4) is 0 Å². The number of nitrogen functional groups attached to an aromatic ring is 1. The van der Waals surface area contributed by atoms with E-state index in [4.69, 9.17) is 5.73 Å².